The zero-order valence-corrected chi connectivity index (χ0v) is 9.47. The monoisotopic (exact) mass is 235 g/mol. The van der Waals surface area contributed by atoms with Crippen LogP contribution in [0.5, 0.6) is 0 Å². The molecule has 0 bridgehead atoms. The third-order valence-corrected chi connectivity index (χ3v) is 2.18. The SMILES string of the molecule is Cc1noc(CNC(=O)CCc2ccco2)n1. The molecule has 0 radical (unpaired) electrons. The minimum Gasteiger partial charge on any atom is -0.469 e. The lowest BCUT2D eigenvalue weighted by molar-refractivity contribution is -0.121. The molecule has 1 amide bonds. The van der Waals surface area contributed by atoms with Crippen LogP contribution in [-0.4, -0.2) is 16.0 Å². The van der Waals surface area contributed by atoms with Crippen molar-refractivity contribution in [1.29, 1.82) is 0 Å². The summed E-state index contributed by atoms with van der Waals surface area (Å²) in [6, 6.07) is 3.64. The number of amides is 1. The van der Waals surface area contributed by atoms with Gasteiger partial charge in [-0.3, -0.25) is 4.79 Å². The lowest BCUT2D eigenvalue weighted by Gasteiger charge is -2.00. The van der Waals surface area contributed by atoms with Gasteiger partial charge in [-0.05, 0) is 19.1 Å². The summed E-state index contributed by atoms with van der Waals surface area (Å²) in [5.41, 5.74) is 0. The summed E-state index contributed by atoms with van der Waals surface area (Å²) in [7, 11) is 0. The summed E-state index contributed by atoms with van der Waals surface area (Å²) >= 11 is 0. The van der Waals surface area contributed by atoms with Crippen LogP contribution >= 0.6 is 0 Å². The zero-order chi connectivity index (χ0) is 12.1. The van der Waals surface area contributed by atoms with E-state index in [-0.39, 0.29) is 12.5 Å². The predicted molar refractivity (Wildman–Crippen MR) is 57.9 cm³/mol. The van der Waals surface area contributed by atoms with Gasteiger partial charge < -0.3 is 14.3 Å². The van der Waals surface area contributed by atoms with E-state index in [0.29, 0.717) is 24.6 Å². The lowest BCUT2D eigenvalue weighted by atomic mass is 10.2. The third-order valence-electron chi connectivity index (χ3n) is 2.18. The fourth-order valence-electron chi connectivity index (χ4n) is 1.37. The zero-order valence-electron chi connectivity index (χ0n) is 9.47. The van der Waals surface area contributed by atoms with Crippen molar-refractivity contribution in [2.75, 3.05) is 0 Å². The van der Waals surface area contributed by atoms with Gasteiger partial charge >= 0.3 is 0 Å². The van der Waals surface area contributed by atoms with Gasteiger partial charge in [0, 0.05) is 12.8 Å². The Balaban J connectivity index is 1.71. The Morgan fingerprint density at radius 3 is 3.06 bits per heavy atom. The maximum absolute atomic E-state index is 11.5. The van der Waals surface area contributed by atoms with Crippen LogP contribution in [0.2, 0.25) is 0 Å². The van der Waals surface area contributed by atoms with Gasteiger partial charge in [-0.2, -0.15) is 4.98 Å². The Labute approximate surface area is 98.0 Å². The van der Waals surface area contributed by atoms with E-state index >= 15 is 0 Å². The number of nitrogens with zero attached hydrogens (tertiary/aromatic N) is 2. The molecule has 0 aromatic carbocycles. The van der Waals surface area contributed by atoms with Gasteiger partial charge in [0.05, 0.1) is 12.8 Å². The summed E-state index contributed by atoms with van der Waals surface area (Å²) < 4.78 is 10.00. The number of hydrogen-bond acceptors (Lipinski definition) is 5. The third kappa shape index (κ3) is 3.44. The van der Waals surface area contributed by atoms with Gasteiger partial charge in [0.25, 0.3) is 0 Å². The standard InChI is InChI=1S/C11H13N3O3/c1-8-13-11(17-14-8)7-12-10(15)5-4-9-3-2-6-16-9/h2-3,6H,4-5,7H2,1H3,(H,12,15). The van der Waals surface area contributed by atoms with Crippen LogP contribution in [0.3, 0.4) is 0 Å². The van der Waals surface area contributed by atoms with Crippen molar-refractivity contribution in [1.82, 2.24) is 15.5 Å². The number of carbonyl (C=O) groups excluding carboxylic acids is 1. The van der Waals surface area contributed by atoms with Crippen molar-refractivity contribution < 1.29 is 13.7 Å². The normalized spacial score (nSPS) is 10.4. The van der Waals surface area contributed by atoms with E-state index in [1.54, 1.807) is 19.3 Å². The molecule has 0 aliphatic rings. The fraction of sp³-hybridized carbons (Fsp3) is 0.364. The summed E-state index contributed by atoms with van der Waals surface area (Å²) in [6.07, 6.45) is 2.55. The Kier molecular flexibility index (Phi) is 3.54. The van der Waals surface area contributed by atoms with Crippen LogP contribution in [0.4, 0.5) is 0 Å². The van der Waals surface area contributed by atoms with Crippen LogP contribution in [0.1, 0.15) is 23.9 Å². The number of nitrogens with one attached hydrogen (secondary N) is 1. The average Bonchev–Trinajstić information content (AvgIpc) is 2.95. The summed E-state index contributed by atoms with van der Waals surface area (Å²) in [6.45, 7) is 1.99. The fourth-order valence-corrected chi connectivity index (χ4v) is 1.37. The molecule has 0 aliphatic heterocycles. The van der Waals surface area contributed by atoms with Crippen LogP contribution in [0.25, 0.3) is 0 Å². The second-order valence-electron chi connectivity index (χ2n) is 3.59. The van der Waals surface area contributed by atoms with Crippen molar-refractivity contribution in [3.63, 3.8) is 0 Å². The number of carbonyl (C=O) groups is 1. The number of furan rings is 1. The van der Waals surface area contributed by atoms with E-state index in [9.17, 15) is 4.79 Å². The van der Waals surface area contributed by atoms with Gasteiger partial charge in [-0.25, -0.2) is 0 Å². The molecule has 0 saturated carbocycles. The molecular weight excluding hydrogens is 222 g/mol. The highest BCUT2D eigenvalue weighted by Crippen LogP contribution is 2.03. The molecule has 0 aliphatic carbocycles. The summed E-state index contributed by atoms with van der Waals surface area (Å²) in [5, 5.41) is 6.33. The van der Waals surface area contributed by atoms with E-state index < -0.39 is 0 Å². The van der Waals surface area contributed by atoms with Gasteiger partial charge in [0.15, 0.2) is 5.82 Å². The van der Waals surface area contributed by atoms with Gasteiger partial charge in [0.2, 0.25) is 11.8 Å². The number of rotatable bonds is 5. The maximum Gasteiger partial charge on any atom is 0.246 e. The van der Waals surface area contributed by atoms with Crippen molar-refractivity contribution in [2.45, 2.75) is 26.3 Å². The molecule has 0 fully saturated rings. The van der Waals surface area contributed by atoms with Gasteiger partial charge in [-0.1, -0.05) is 5.16 Å². The topological polar surface area (TPSA) is 81.2 Å². The molecule has 0 unspecified atom stereocenters. The highest BCUT2D eigenvalue weighted by Gasteiger charge is 2.06. The van der Waals surface area contributed by atoms with E-state index in [4.69, 9.17) is 8.94 Å². The number of hydrogen-bond donors (Lipinski definition) is 1. The first kappa shape index (κ1) is 11.4. The molecule has 6 heteroatoms. The Bertz CT molecular complexity index is 476. The van der Waals surface area contributed by atoms with E-state index in [1.165, 1.54) is 0 Å². The molecular formula is C11H13N3O3. The van der Waals surface area contributed by atoms with Gasteiger partial charge in [0.1, 0.15) is 5.76 Å². The lowest BCUT2D eigenvalue weighted by Crippen LogP contribution is -2.23. The van der Waals surface area contributed by atoms with Crippen LogP contribution < -0.4 is 5.32 Å². The first-order valence-electron chi connectivity index (χ1n) is 5.32. The second kappa shape index (κ2) is 5.29. The van der Waals surface area contributed by atoms with Crippen LogP contribution in [0, 0.1) is 6.92 Å². The van der Waals surface area contributed by atoms with Crippen molar-refractivity contribution in [3.8, 4) is 0 Å². The molecule has 0 spiro atoms. The van der Waals surface area contributed by atoms with E-state index in [2.05, 4.69) is 15.5 Å². The molecule has 17 heavy (non-hydrogen) atoms. The molecule has 0 saturated heterocycles. The average molecular weight is 235 g/mol. The first-order valence-corrected chi connectivity index (χ1v) is 5.32. The predicted octanol–water partition coefficient (Wildman–Crippen LogP) is 1.22. The largest absolute Gasteiger partial charge is 0.469 e. The molecule has 2 heterocycles. The number of aromatic nitrogens is 2. The quantitative estimate of drug-likeness (QED) is 0.842. The maximum atomic E-state index is 11.5. The Morgan fingerprint density at radius 2 is 2.41 bits per heavy atom. The highest BCUT2D eigenvalue weighted by molar-refractivity contribution is 5.75. The summed E-state index contributed by atoms with van der Waals surface area (Å²) in [5.74, 6) is 1.70. The smallest absolute Gasteiger partial charge is 0.246 e. The Hall–Kier alpha value is -2.11. The summed E-state index contributed by atoms with van der Waals surface area (Å²) in [4.78, 5) is 15.5. The van der Waals surface area contributed by atoms with Crippen LogP contribution in [0.15, 0.2) is 27.3 Å². The van der Waals surface area contributed by atoms with E-state index in [1.807, 2.05) is 6.07 Å². The van der Waals surface area contributed by atoms with Crippen molar-refractivity contribution >= 4 is 5.91 Å². The molecule has 2 aromatic heterocycles. The Morgan fingerprint density at radius 1 is 1.53 bits per heavy atom. The van der Waals surface area contributed by atoms with Crippen molar-refractivity contribution in [3.05, 3.63) is 35.9 Å². The minimum atomic E-state index is -0.0720. The molecule has 1 N–H and O–H groups in total. The molecule has 2 aromatic rings. The number of aryl methyl sites for hydroxylation is 2. The molecule has 6 nitrogen and oxygen atoms in total. The van der Waals surface area contributed by atoms with Crippen molar-refractivity contribution in [2.24, 2.45) is 0 Å². The highest BCUT2D eigenvalue weighted by atomic mass is 16.5. The molecule has 0 atom stereocenters. The minimum absolute atomic E-state index is 0.0720. The second-order valence-corrected chi connectivity index (χ2v) is 3.59. The molecule has 90 valence electrons. The van der Waals surface area contributed by atoms with Crippen LogP contribution in [-0.2, 0) is 17.8 Å². The van der Waals surface area contributed by atoms with E-state index in [0.717, 1.165) is 5.76 Å². The first-order chi connectivity index (χ1) is 8.24. The molecule has 2 rings (SSSR count). The van der Waals surface area contributed by atoms with Gasteiger partial charge in [-0.15, -0.1) is 0 Å².